The van der Waals surface area contributed by atoms with Crippen molar-refractivity contribution in [1.82, 2.24) is 9.97 Å². The molecule has 0 fully saturated rings. The Balaban J connectivity index is 2.93. The van der Waals surface area contributed by atoms with Crippen molar-refractivity contribution in [1.29, 1.82) is 0 Å². The van der Waals surface area contributed by atoms with Gasteiger partial charge in [-0.05, 0) is 6.07 Å². The third-order valence-corrected chi connectivity index (χ3v) is 3.21. The SMILES string of the molecule is CCc1nc(=S)c2cc(OC)c(OC)c(OC)c2[nH]1. The number of rotatable bonds is 4. The van der Waals surface area contributed by atoms with Crippen LogP contribution in [0.15, 0.2) is 6.07 Å². The number of H-pyrrole nitrogens is 1. The monoisotopic (exact) mass is 280 g/mol. The Hall–Kier alpha value is -1.82. The molecule has 1 aromatic heterocycles. The standard InChI is InChI=1S/C13H16N2O3S/c1-5-9-14-10-7(13(19)15-9)6-8(16-2)11(17-3)12(10)18-4/h6H,5H2,1-4H3,(H,14,15,19). The van der Waals surface area contributed by atoms with Gasteiger partial charge < -0.3 is 19.2 Å². The fourth-order valence-corrected chi connectivity index (χ4v) is 2.24. The Morgan fingerprint density at radius 2 is 1.84 bits per heavy atom. The van der Waals surface area contributed by atoms with Crippen LogP contribution >= 0.6 is 12.2 Å². The molecule has 0 saturated heterocycles. The topological polar surface area (TPSA) is 56.4 Å². The maximum absolute atomic E-state index is 5.44. The summed E-state index contributed by atoms with van der Waals surface area (Å²) in [7, 11) is 4.73. The maximum Gasteiger partial charge on any atom is 0.205 e. The van der Waals surface area contributed by atoms with E-state index in [-0.39, 0.29) is 0 Å². The van der Waals surface area contributed by atoms with Crippen molar-refractivity contribution in [2.24, 2.45) is 0 Å². The van der Waals surface area contributed by atoms with Crippen molar-refractivity contribution >= 4 is 23.1 Å². The summed E-state index contributed by atoms with van der Waals surface area (Å²) in [5.41, 5.74) is 0.775. The molecule has 0 bridgehead atoms. The first-order valence-electron chi connectivity index (χ1n) is 5.88. The molecule has 0 spiro atoms. The molecule has 6 heteroatoms. The third kappa shape index (κ3) is 2.23. The van der Waals surface area contributed by atoms with Crippen LogP contribution in [-0.4, -0.2) is 31.3 Å². The van der Waals surface area contributed by atoms with Crippen LogP contribution in [0.5, 0.6) is 17.2 Å². The minimum Gasteiger partial charge on any atom is -0.493 e. The maximum atomic E-state index is 5.44. The predicted molar refractivity (Wildman–Crippen MR) is 76.0 cm³/mol. The van der Waals surface area contributed by atoms with Crippen LogP contribution in [0.1, 0.15) is 12.7 Å². The number of fused-ring (bicyclic) bond motifs is 1. The summed E-state index contributed by atoms with van der Waals surface area (Å²) in [6, 6.07) is 1.81. The fraction of sp³-hybridized carbons (Fsp3) is 0.385. The van der Waals surface area contributed by atoms with Crippen molar-refractivity contribution < 1.29 is 14.2 Å². The lowest BCUT2D eigenvalue weighted by Gasteiger charge is -2.15. The molecule has 0 aliphatic rings. The predicted octanol–water partition coefficient (Wildman–Crippen LogP) is 2.88. The van der Waals surface area contributed by atoms with Crippen molar-refractivity contribution in [3.8, 4) is 17.2 Å². The first-order chi connectivity index (χ1) is 9.15. The Labute approximate surface area is 116 Å². The number of nitrogens with one attached hydrogen (secondary N) is 1. The van der Waals surface area contributed by atoms with Crippen LogP contribution in [0.4, 0.5) is 0 Å². The second-order valence-corrected chi connectivity index (χ2v) is 4.30. The van der Waals surface area contributed by atoms with Gasteiger partial charge in [0.15, 0.2) is 11.5 Å². The van der Waals surface area contributed by atoms with E-state index in [4.69, 9.17) is 26.4 Å². The Kier molecular flexibility index (Phi) is 3.90. The van der Waals surface area contributed by atoms with Crippen LogP contribution in [0, 0.1) is 4.64 Å². The Morgan fingerprint density at radius 3 is 2.37 bits per heavy atom. The molecule has 5 nitrogen and oxygen atoms in total. The number of aromatic nitrogens is 2. The molecule has 0 aliphatic heterocycles. The normalized spacial score (nSPS) is 10.5. The summed E-state index contributed by atoms with van der Waals surface area (Å²) in [5.74, 6) is 2.48. The molecule has 102 valence electrons. The van der Waals surface area contributed by atoms with E-state index < -0.39 is 0 Å². The number of hydrogen-bond donors (Lipinski definition) is 1. The van der Waals surface area contributed by atoms with E-state index in [2.05, 4.69) is 9.97 Å². The van der Waals surface area contributed by atoms with E-state index in [9.17, 15) is 0 Å². The first kappa shape index (κ1) is 13.6. The fourth-order valence-electron chi connectivity index (χ4n) is 1.97. The van der Waals surface area contributed by atoms with E-state index in [1.165, 1.54) is 0 Å². The quantitative estimate of drug-likeness (QED) is 0.873. The smallest absolute Gasteiger partial charge is 0.205 e. The van der Waals surface area contributed by atoms with Crippen molar-refractivity contribution in [3.05, 3.63) is 16.5 Å². The second kappa shape index (κ2) is 5.44. The van der Waals surface area contributed by atoms with Gasteiger partial charge in [0.2, 0.25) is 5.75 Å². The molecule has 1 N–H and O–H groups in total. The molecule has 0 aliphatic carbocycles. The average molecular weight is 280 g/mol. The molecule has 2 aromatic rings. The summed E-state index contributed by atoms with van der Waals surface area (Å²) in [5, 5.41) is 0.779. The highest BCUT2D eigenvalue weighted by Gasteiger charge is 2.17. The lowest BCUT2D eigenvalue weighted by Crippen LogP contribution is -2.00. The lowest BCUT2D eigenvalue weighted by atomic mass is 10.2. The highest BCUT2D eigenvalue weighted by Crippen LogP contribution is 2.42. The number of aryl methyl sites for hydroxylation is 1. The van der Waals surface area contributed by atoms with E-state index in [1.54, 1.807) is 21.3 Å². The minimum atomic E-state index is 0.518. The number of nitrogens with zero attached hydrogens (tertiary/aromatic N) is 1. The molecule has 0 unspecified atom stereocenters. The first-order valence-corrected chi connectivity index (χ1v) is 6.28. The highest BCUT2D eigenvalue weighted by atomic mass is 32.1. The molecule has 2 rings (SSSR count). The summed E-state index contributed by atoms with van der Waals surface area (Å²) < 4.78 is 16.6. The van der Waals surface area contributed by atoms with Crippen LogP contribution in [0.25, 0.3) is 10.9 Å². The summed E-state index contributed by atoms with van der Waals surface area (Å²) in [4.78, 5) is 7.56. The van der Waals surface area contributed by atoms with Gasteiger partial charge in [-0.25, -0.2) is 4.98 Å². The number of benzene rings is 1. The minimum absolute atomic E-state index is 0.518. The average Bonchev–Trinajstić information content (AvgIpc) is 2.44. The molecule has 1 heterocycles. The number of methoxy groups -OCH3 is 3. The van der Waals surface area contributed by atoms with Gasteiger partial charge in [-0.2, -0.15) is 0 Å². The van der Waals surface area contributed by atoms with Gasteiger partial charge in [0.05, 0.1) is 26.8 Å². The zero-order valence-electron chi connectivity index (χ0n) is 11.4. The van der Waals surface area contributed by atoms with Crippen molar-refractivity contribution in [2.75, 3.05) is 21.3 Å². The van der Waals surface area contributed by atoms with Gasteiger partial charge in [-0.15, -0.1) is 0 Å². The van der Waals surface area contributed by atoms with Crippen LogP contribution < -0.4 is 14.2 Å². The van der Waals surface area contributed by atoms with Gasteiger partial charge in [0.1, 0.15) is 10.5 Å². The van der Waals surface area contributed by atoms with Gasteiger partial charge >= 0.3 is 0 Å². The zero-order valence-corrected chi connectivity index (χ0v) is 12.2. The van der Waals surface area contributed by atoms with Gasteiger partial charge in [-0.3, -0.25) is 0 Å². The molecule has 0 amide bonds. The molecule has 19 heavy (non-hydrogen) atoms. The number of aromatic amines is 1. The summed E-state index contributed by atoms with van der Waals surface area (Å²) in [6.45, 7) is 2.01. The van der Waals surface area contributed by atoms with Gasteiger partial charge in [-0.1, -0.05) is 19.1 Å². The lowest BCUT2D eigenvalue weighted by molar-refractivity contribution is 0.326. The summed E-state index contributed by atoms with van der Waals surface area (Å²) in [6.07, 6.45) is 0.761. The van der Waals surface area contributed by atoms with E-state index in [0.717, 1.165) is 23.1 Å². The van der Waals surface area contributed by atoms with E-state index in [0.29, 0.717) is 21.9 Å². The molecule has 0 atom stereocenters. The zero-order chi connectivity index (χ0) is 14.0. The molecule has 1 aromatic carbocycles. The van der Waals surface area contributed by atoms with Gasteiger partial charge in [0.25, 0.3) is 0 Å². The van der Waals surface area contributed by atoms with Gasteiger partial charge in [0, 0.05) is 11.8 Å². The number of ether oxygens (including phenoxy) is 3. The van der Waals surface area contributed by atoms with E-state index >= 15 is 0 Å². The van der Waals surface area contributed by atoms with Crippen LogP contribution in [0.2, 0.25) is 0 Å². The molecule has 0 radical (unpaired) electrons. The largest absolute Gasteiger partial charge is 0.493 e. The second-order valence-electron chi connectivity index (χ2n) is 3.91. The highest BCUT2D eigenvalue weighted by molar-refractivity contribution is 7.71. The van der Waals surface area contributed by atoms with Crippen LogP contribution in [0.3, 0.4) is 0 Å². The number of hydrogen-bond acceptors (Lipinski definition) is 5. The Bertz CT molecular complexity index is 667. The Morgan fingerprint density at radius 1 is 1.16 bits per heavy atom. The third-order valence-electron chi connectivity index (χ3n) is 2.90. The molecular weight excluding hydrogens is 264 g/mol. The molecular formula is C13H16N2O3S. The molecule has 0 saturated carbocycles. The van der Waals surface area contributed by atoms with Crippen molar-refractivity contribution in [3.63, 3.8) is 0 Å². The van der Waals surface area contributed by atoms with Crippen LogP contribution in [-0.2, 0) is 6.42 Å². The summed E-state index contributed by atoms with van der Waals surface area (Å²) >= 11 is 5.32. The van der Waals surface area contributed by atoms with Crippen molar-refractivity contribution in [2.45, 2.75) is 13.3 Å². The van der Waals surface area contributed by atoms with E-state index in [1.807, 2.05) is 13.0 Å².